The molecular formula is C14H27ClN2O2. The van der Waals surface area contributed by atoms with E-state index in [1.807, 2.05) is 4.90 Å². The van der Waals surface area contributed by atoms with Gasteiger partial charge in [0.05, 0.1) is 11.6 Å². The summed E-state index contributed by atoms with van der Waals surface area (Å²) < 4.78 is 5.47. The lowest BCUT2D eigenvalue weighted by Crippen LogP contribution is -2.59. The van der Waals surface area contributed by atoms with E-state index in [9.17, 15) is 4.79 Å². The van der Waals surface area contributed by atoms with Crippen LogP contribution in [0.3, 0.4) is 0 Å². The van der Waals surface area contributed by atoms with Gasteiger partial charge in [-0.25, -0.2) is 0 Å². The van der Waals surface area contributed by atoms with Crippen LogP contribution >= 0.6 is 12.4 Å². The van der Waals surface area contributed by atoms with E-state index < -0.39 is 5.54 Å². The number of hydrogen-bond donors (Lipinski definition) is 1. The van der Waals surface area contributed by atoms with Crippen molar-refractivity contribution in [1.82, 2.24) is 4.90 Å². The summed E-state index contributed by atoms with van der Waals surface area (Å²) in [5, 5.41) is 0. The zero-order valence-corrected chi connectivity index (χ0v) is 12.9. The smallest absolute Gasteiger partial charge is 0.242 e. The Morgan fingerprint density at radius 3 is 2.53 bits per heavy atom. The SMILES string of the molecule is COC1CN(C(=O)C2(N)CCCCC2)CCC1C.Cl. The van der Waals surface area contributed by atoms with Crippen LogP contribution in [0.25, 0.3) is 0 Å². The van der Waals surface area contributed by atoms with Gasteiger partial charge in [-0.3, -0.25) is 4.79 Å². The summed E-state index contributed by atoms with van der Waals surface area (Å²) in [6.45, 7) is 3.73. The number of carbonyl (C=O) groups is 1. The van der Waals surface area contributed by atoms with Gasteiger partial charge in [0.15, 0.2) is 0 Å². The van der Waals surface area contributed by atoms with E-state index in [2.05, 4.69) is 6.92 Å². The van der Waals surface area contributed by atoms with Gasteiger partial charge < -0.3 is 15.4 Å². The van der Waals surface area contributed by atoms with Crippen molar-refractivity contribution in [2.75, 3.05) is 20.2 Å². The number of nitrogens with zero attached hydrogens (tertiary/aromatic N) is 1. The molecule has 1 saturated heterocycles. The molecule has 5 heteroatoms. The molecule has 1 aliphatic carbocycles. The van der Waals surface area contributed by atoms with Crippen LogP contribution in [0.15, 0.2) is 0 Å². The predicted octanol–water partition coefficient (Wildman–Crippen LogP) is 1.95. The van der Waals surface area contributed by atoms with Crippen LogP contribution < -0.4 is 5.73 Å². The molecule has 0 spiro atoms. The van der Waals surface area contributed by atoms with Crippen molar-refractivity contribution >= 4 is 18.3 Å². The van der Waals surface area contributed by atoms with Gasteiger partial charge in [0.1, 0.15) is 0 Å². The number of piperidine rings is 1. The van der Waals surface area contributed by atoms with Crippen molar-refractivity contribution < 1.29 is 9.53 Å². The minimum atomic E-state index is -0.600. The fraction of sp³-hybridized carbons (Fsp3) is 0.929. The molecule has 0 radical (unpaired) electrons. The maximum atomic E-state index is 12.6. The summed E-state index contributed by atoms with van der Waals surface area (Å²) in [6.07, 6.45) is 6.24. The second-order valence-corrected chi connectivity index (χ2v) is 6.01. The monoisotopic (exact) mass is 290 g/mol. The van der Waals surface area contributed by atoms with Crippen molar-refractivity contribution in [2.45, 2.75) is 57.1 Å². The van der Waals surface area contributed by atoms with Crippen molar-refractivity contribution in [1.29, 1.82) is 0 Å². The molecule has 4 nitrogen and oxygen atoms in total. The van der Waals surface area contributed by atoms with E-state index in [0.29, 0.717) is 12.5 Å². The maximum Gasteiger partial charge on any atom is 0.242 e. The molecular weight excluding hydrogens is 264 g/mol. The Hall–Kier alpha value is -0.320. The second-order valence-electron chi connectivity index (χ2n) is 6.01. The molecule has 1 amide bonds. The predicted molar refractivity (Wildman–Crippen MR) is 78.4 cm³/mol. The van der Waals surface area contributed by atoms with Crippen molar-refractivity contribution in [3.63, 3.8) is 0 Å². The van der Waals surface area contributed by atoms with Crippen LogP contribution in [0.4, 0.5) is 0 Å². The highest BCUT2D eigenvalue weighted by molar-refractivity contribution is 5.86. The summed E-state index contributed by atoms with van der Waals surface area (Å²) in [5.74, 6) is 0.676. The number of ether oxygens (including phenoxy) is 1. The van der Waals surface area contributed by atoms with E-state index in [1.54, 1.807) is 7.11 Å². The molecule has 19 heavy (non-hydrogen) atoms. The molecule has 0 aromatic rings. The second kappa shape index (κ2) is 6.91. The van der Waals surface area contributed by atoms with E-state index in [-0.39, 0.29) is 24.4 Å². The first-order valence-electron chi connectivity index (χ1n) is 7.18. The molecule has 2 aliphatic rings. The molecule has 0 aromatic carbocycles. The fourth-order valence-electron chi connectivity index (χ4n) is 3.24. The Morgan fingerprint density at radius 1 is 1.32 bits per heavy atom. The normalized spacial score (nSPS) is 30.6. The summed E-state index contributed by atoms with van der Waals surface area (Å²) in [5.41, 5.74) is 5.72. The molecule has 2 unspecified atom stereocenters. The molecule has 2 atom stereocenters. The highest BCUT2D eigenvalue weighted by Crippen LogP contribution is 2.29. The first-order chi connectivity index (χ1) is 8.57. The minimum Gasteiger partial charge on any atom is -0.379 e. The Morgan fingerprint density at radius 2 is 1.95 bits per heavy atom. The standard InChI is InChI=1S/C14H26N2O2.ClH/c1-11-6-9-16(10-12(11)18-2)13(17)14(15)7-4-3-5-8-14;/h11-12H,3-10,15H2,1-2H3;1H. The summed E-state index contributed by atoms with van der Waals surface area (Å²) >= 11 is 0. The zero-order valence-electron chi connectivity index (χ0n) is 12.1. The number of hydrogen-bond acceptors (Lipinski definition) is 3. The molecule has 1 saturated carbocycles. The van der Waals surface area contributed by atoms with Crippen molar-refractivity contribution in [3.8, 4) is 0 Å². The van der Waals surface area contributed by atoms with E-state index in [4.69, 9.17) is 10.5 Å². The fourth-order valence-corrected chi connectivity index (χ4v) is 3.24. The summed E-state index contributed by atoms with van der Waals surface area (Å²) in [7, 11) is 1.73. The Balaban J connectivity index is 0.00000180. The van der Waals surface area contributed by atoms with Gasteiger partial charge in [-0.05, 0) is 25.2 Å². The molecule has 2 rings (SSSR count). The van der Waals surface area contributed by atoms with Gasteiger partial charge in [-0.2, -0.15) is 0 Å². The van der Waals surface area contributed by atoms with E-state index in [1.165, 1.54) is 6.42 Å². The highest BCUT2D eigenvalue weighted by atomic mass is 35.5. The Bertz CT molecular complexity index is 306. The molecule has 0 aromatic heterocycles. The van der Waals surface area contributed by atoms with Gasteiger partial charge in [0, 0.05) is 20.2 Å². The first-order valence-corrected chi connectivity index (χ1v) is 7.18. The maximum absolute atomic E-state index is 12.6. The minimum absolute atomic E-state index is 0. The molecule has 2 N–H and O–H groups in total. The van der Waals surface area contributed by atoms with Gasteiger partial charge in [0.25, 0.3) is 0 Å². The van der Waals surface area contributed by atoms with Crippen molar-refractivity contribution in [2.24, 2.45) is 11.7 Å². The zero-order chi connectivity index (χ0) is 13.2. The van der Waals surface area contributed by atoms with E-state index >= 15 is 0 Å². The molecule has 1 aliphatic heterocycles. The third-order valence-corrected chi connectivity index (χ3v) is 4.65. The van der Waals surface area contributed by atoms with Crippen LogP contribution in [0.2, 0.25) is 0 Å². The first kappa shape index (κ1) is 16.7. The third-order valence-electron chi connectivity index (χ3n) is 4.65. The van der Waals surface area contributed by atoms with E-state index in [0.717, 1.165) is 38.6 Å². The summed E-state index contributed by atoms with van der Waals surface area (Å²) in [6, 6.07) is 0. The number of halogens is 1. The van der Waals surface area contributed by atoms with Gasteiger partial charge in [-0.1, -0.05) is 26.2 Å². The quantitative estimate of drug-likeness (QED) is 0.846. The third kappa shape index (κ3) is 3.61. The number of rotatable bonds is 2. The molecule has 0 bridgehead atoms. The molecule has 2 fully saturated rings. The average molecular weight is 291 g/mol. The number of carbonyl (C=O) groups excluding carboxylic acids is 1. The molecule has 1 heterocycles. The van der Waals surface area contributed by atoms with Crippen LogP contribution in [-0.2, 0) is 9.53 Å². The van der Waals surface area contributed by atoms with Gasteiger partial charge >= 0.3 is 0 Å². The van der Waals surface area contributed by atoms with Crippen molar-refractivity contribution in [3.05, 3.63) is 0 Å². The van der Waals surface area contributed by atoms with Crippen LogP contribution in [-0.4, -0.2) is 42.6 Å². The Labute approximate surface area is 122 Å². The Kier molecular flexibility index (Phi) is 6.09. The summed E-state index contributed by atoms with van der Waals surface area (Å²) in [4.78, 5) is 14.5. The average Bonchev–Trinajstić information content (AvgIpc) is 2.39. The number of likely N-dealkylation sites (tertiary alicyclic amines) is 1. The number of nitrogens with two attached hydrogens (primary N) is 1. The highest BCUT2D eigenvalue weighted by Gasteiger charge is 2.40. The van der Waals surface area contributed by atoms with Crippen LogP contribution in [0, 0.1) is 5.92 Å². The number of methoxy groups -OCH3 is 1. The van der Waals surface area contributed by atoms with Crippen LogP contribution in [0.5, 0.6) is 0 Å². The van der Waals surface area contributed by atoms with Gasteiger partial charge in [-0.15, -0.1) is 12.4 Å². The van der Waals surface area contributed by atoms with Gasteiger partial charge in [0.2, 0.25) is 5.91 Å². The largest absolute Gasteiger partial charge is 0.379 e. The topological polar surface area (TPSA) is 55.6 Å². The lowest BCUT2D eigenvalue weighted by atomic mass is 9.81. The lowest BCUT2D eigenvalue weighted by molar-refractivity contribution is -0.143. The van der Waals surface area contributed by atoms with Crippen LogP contribution in [0.1, 0.15) is 45.4 Å². The molecule has 112 valence electrons. The lowest BCUT2D eigenvalue weighted by Gasteiger charge is -2.42. The number of amides is 1.